The predicted octanol–water partition coefficient (Wildman–Crippen LogP) is 3.04. The van der Waals surface area contributed by atoms with Crippen LogP contribution in [0, 0.1) is 13.8 Å². The van der Waals surface area contributed by atoms with E-state index < -0.39 is 0 Å². The Morgan fingerprint density at radius 3 is 2.76 bits per heavy atom. The van der Waals surface area contributed by atoms with Gasteiger partial charge < -0.3 is 4.90 Å². The average molecular weight is 283 g/mol. The maximum absolute atomic E-state index is 12.6. The molecule has 1 amide bonds. The SMILES string of the molecule is Cc1cc(C(=O)N2C[C@H](c3ccccc3C)C[C@H]2C)n[nH]1. The summed E-state index contributed by atoms with van der Waals surface area (Å²) in [4.78, 5) is 14.5. The van der Waals surface area contributed by atoms with E-state index in [0.717, 1.165) is 18.7 Å². The third-order valence-corrected chi connectivity index (χ3v) is 4.39. The monoisotopic (exact) mass is 283 g/mol. The summed E-state index contributed by atoms with van der Waals surface area (Å²) in [5, 5.41) is 6.94. The molecule has 0 aliphatic carbocycles. The lowest BCUT2D eigenvalue weighted by Gasteiger charge is -2.20. The third kappa shape index (κ3) is 2.58. The molecule has 0 unspecified atom stereocenters. The van der Waals surface area contributed by atoms with E-state index in [1.54, 1.807) is 0 Å². The summed E-state index contributed by atoms with van der Waals surface area (Å²) in [5.41, 5.74) is 4.10. The number of amides is 1. The van der Waals surface area contributed by atoms with Crippen molar-refractivity contribution in [2.75, 3.05) is 6.54 Å². The zero-order valence-electron chi connectivity index (χ0n) is 12.8. The van der Waals surface area contributed by atoms with Crippen molar-refractivity contribution in [3.8, 4) is 0 Å². The van der Waals surface area contributed by atoms with Crippen LogP contribution in [0.1, 0.15) is 46.6 Å². The minimum atomic E-state index is 0.0305. The molecule has 1 fully saturated rings. The molecule has 1 saturated heterocycles. The second kappa shape index (κ2) is 5.35. The molecule has 1 aromatic carbocycles. The zero-order valence-corrected chi connectivity index (χ0v) is 12.8. The maximum atomic E-state index is 12.6. The molecule has 0 bridgehead atoms. The number of hydrogen-bond acceptors (Lipinski definition) is 2. The number of nitrogens with one attached hydrogen (secondary N) is 1. The fourth-order valence-electron chi connectivity index (χ4n) is 3.26. The van der Waals surface area contributed by atoms with Gasteiger partial charge >= 0.3 is 0 Å². The van der Waals surface area contributed by atoms with Crippen LogP contribution < -0.4 is 0 Å². The number of nitrogens with zero attached hydrogens (tertiary/aromatic N) is 2. The number of aromatic amines is 1. The molecule has 2 aromatic rings. The molecule has 0 saturated carbocycles. The van der Waals surface area contributed by atoms with Crippen LogP contribution in [0.25, 0.3) is 0 Å². The zero-order chi connectivity index (χ0) is 15.0. The van der Waals surface area contributed by atoms with Crippen LogP contribution in [0.2, 0.25) is 0 Å². The number of carbonyl (C=O) groups is 1. The van der Waals surface area contributed by atoms with E-state index >= 15 is 0 Å². The Bertz CT molecular complexity index is 662. The van der Waals surface area contributed by atoms with Crippen LogP contribution in [0.15, 0.2) is 30.3 Å². The Labute approximate surface area is 125 Å². The van der Waals surface area contributed by atoms with Gasteiger partial charge in [-0.2, -0.15) is 5.10 Å². The van der Waals surface area contributed by atoms with Gasteiger partial charge in [-0.25, -0.2) is 0 Å². The highest BCUT2D eigenvalue weighted by atomic mass is 16.2. The fourth-order valence-corrected chi connectivity index (χ4v) is 3.26. The van der Waals surface area contributed by atoms with Crippen molar-refractivity contribution in [1.29, 1.82) is 0 Å². The van der Waals surface area contributed by atoms with Crippen molar-refractivity contribution >= 4 is 5.91 Å². The number of carbonyl (C=O) groups excluding carboxylic acids is 1. The molecule has 4 nitrogen and oxygen atoms in total. The Kier molecular flexibility index (Phi) is 3.53. The smallest absolute Gasteiger partial charge is 0.274 e. The molecule has 1 aliphatic heterocycles. The van der Waals surface area contributed by atoms with E-state index in [1.807, 2.05) is 17.9 Å². The van der Waals surface area contributed by atoms with Gasteiger partial charge in [0.2, 0.25) is 0 Å². The van der Waals surface area contributed by atoms with E-state index in [1.165, 1.54) is 11.1 Å². The van der Waals surface area contributed by atoms with Gasteiger partial charge in [-0.1, -0.05) is 24.3 Å². The largest absolute Gasteiger partial charge is 0.334 e. The Morgan fingerprint density at radius 2 is 2.10 bits per heavy atom. The van der Waals surface area contributed by atoms with Crippen LogP contribution in [-0.2, 0) is 0 Å². The fraction of sp³-hybridized carbons (Fsp3) is 0.412. The summed E-state index contributed by atoms with van der Waals surface area (Å²) < 4.78 is 0. The Balaban J connectivity index is 1.80. The molecule has 21 heavy (non-hydrogen) atoms. The summed E-state index contributed by atoms with van der Waals surface area (Å²) in [6.07, 6.45) is 1.01. The molecular weight excluding hydrogens is 262 g/mol. The maximum Gasteiger partial charge on any atom is 0.274 e. The molecule has 1 aromatic heterocycles. The highest BCUT2D eigenvalue weighted by molar-refractivity contribution is 5.92. The number of aryl methyl sites for hydroxylation is 2. The molecule has 0 radical (unpaired) electrons. The highest BCUT2D eigenvalue weighted by Crippen LogP contribution is 2.33. The molecule has 2 atom stereocenters. The first-order chi connectivity index (χ1) is 10.1. The lowest BCUT2D eigenvalue weighted by atomic mass is 9.93. The Hall–Kier alpha value is -2.10. The second-order valence-corrected chi connectivity index (χ2v) is 6.03. The topological polar surface area (TPSA) is 49.0 Å². The van der Waals surface area contributed by atoms with Gasteiger partial charge in [-0.05, 0) is 44.4 Å². The first kappa shape index (κ1) is 13.9. The summed E-state index contributed by atoms with van der Waals surface area (Å²) in [7, 11) is 0. The van der Waals surface area contributed by atoms with E-state index in [4.69, 9.17) is 0 Å². The third-order valence-electron chi connectivity index (χ3n) is 4.39. The van der Waals surface area contributed by atoms with Crippen molar-refractivity contribution < 1.29 is 4.79 Å². The van der Waals surface area contributed by atoms with E-state index in [2.05, 4.69) is 48.3 Å². The highest BCUT2D eigenvalue weighted by Gasteiger charge is 2.34. The Morgan fingerprint density at radius 1 is 1.33 bits per heavy atom. The van der Waals surface area contributed by atoms with Crippen LogP contribution in [0.5, 0.6) is 0 Å². The predicted molar refractivity (Wildman–Crippen MR) is 82.4 cm³/mol. The minimum Gasteiger partial charge on any atom is -0.334 e. The van der Waals surface area contributed by atoms with Crippen molar-refractivity contribution in [2.45, 2.75) is 39.2 Å². The molecule has 1 aliphatic rings. The van der Waals surface area contributed by atoms with E-state index in [9.17, 15) is 4.79 Å². The van der Waals surface area contributed by atoms with Crippen molar-refractivity contribution in [3.05, 3.63) is 52.8 Å². The molecule has 2 heterocycles. The number of rotatable bonds is 2. The van der Waals surface area contributed by atoms with Gasteiger partial charge in [0.1, 0.15) is 5.69 Å². The van der Waals surface area contributed by atoms with Gasteiger partial charge in [0.25, 0.3) is 5.91 Å². The number of benzene rings is 1. The lowest BCUT2D eigenvalue weighted by Crippen LogP contribution is -2.34. The summed E-state index contributed by atoms with van der Waals surface area (Å²) >= 11 is 0. The van der Waals surface area contributed by atoms with Crippen LogP contribution >= 0.6 is 0 Å². The van der Waals surface area contributed by atoms with Gasteiger partial charge in [-0.3, -0.25) is 9.89 Å². The van der Waals surface area contributed by atoms with Crippen molar-refractivity contribution in [1.82, 2.24) is 15.1 Å². The average Bonchev–Trinajstić information content (AvgIpc) is 3.05. The van der Waals surface area contributed by atoms with Crippen LogP contribution in [-0.4, -0.2) is 33.6 Å². The minimum absolute atomic E-state index is 0.0305. The second-order valence-electron chi connectivity index (χ2n) is 6.03. The van der Waals surface area contributed by atoms with Gasteiger partial charge in [-0.15, -0.1) is 0 Å². The van der Waals surface area contributed by atoms with Crippen molar-refractivity contribution in [3.63, 3.8) is 0 Å². The van der Waals surface area contributed by atoms with Crippen LogP contribution in [0.3, 0.4) is 0 Å². The first-order valence-corrected chi connectivity index (χ1v) is 7.44. The molecule has 4 heteroatoms. The van der Waals surface area contributed by atoms with Gasteiger partial charge in [0, 0.05) is 24.2 Å². The molecule has 3 rings (SSSR count). The summed E-state index contributed by atoms with van der Waals surface area (Å²) in [6.45, 7) is 6.95. The lowest BCUT2D eigenvalue weighted by molar-refractivity contribution is 0.0740. The van der Waals surface area contributed by atoms with Crippen LogP contribution in [0.4, 0.5) is 0 Å². The quantitative estimate of drug-likeness (QED) is 0.921. The normalized spacial score (nSPS) is 21.8. The van der Waals surface area contributed by atoms with Gasteiger partial charge in [0.15, 0.2) is 0 Å². The number of hydrogen-bond donors (Lipinski definition) is 1. The molecule has 0 spiro atoms. The molecular formula is C17H21N3O. The number of H-pyrrole nitrogens is 1. The summed E-state index contributed by atoms with van der Waals surface area (Å²) in [5.74, 6) is 0.452. The molecule has 1 N–H and O–H groups in total. The summed E-state index contributed by atoms with van der Waals surface area (Å²) in [6, 6.07) is 10.5. The molecule has 110 valence electrons. The number of aromatic nitrogens is 2. The first-order valence-electron chi connectivity index (χ1n) is 7.44. The van der Waals surface area contributed by atoms with E-state index in [0.29, 0.717) is 11.6 Å². The van der Waals surface area contributed by atoms with Crippen molar-refractivity contribution in [2.24, 2.45) is 0 Å². The standard InChI is InChI=1S/C17H21N3O/c1-11-6-4-5-7-15(11)14-9-13(3)20(10-14)17(21)16-8-12(2)18-19-16/h4-8,13-14H,9-10H2,1-3H3,(H,18,19)/t13-,14-/m1/s1. The van der Waals surface area contributed by atoms with Gasteiger partial charge in [0.05, 0.1) is 0 Å². The number of likely N-dealkylation sites (tertiary alicyclic amines) is 1. The van der Waals surface area contributed by atoms with E-state index in [-0.39, 0.29) is 11.9 Å².